The summed E-state index contributed by atoms with van der Waals surface area (Å²) in [7, 11) is 0.0100. The van der Waals surface area contributed by atoms with E-state index in [0.29, 0.717) is 0 Å². The van der Waals surface area contributed by atoms with Crippen molar-refractivity contribution in [2.75, 3.05) is 0 Å². The number of aryl methyl sites for hydroxylation is 1. The Labute approximate surface area is 89.5 Å². The van der Waals surface area contributed by atoms with Gasteiger partial charge in [-0.1, -0.05) is 65.4 Å². The highest BCUT2D eigenvalue weighted by Crippen LogP contribution is 2.44. The molecule has 0 N–H and O–H groups in total. The van der Waals surface area contributed by atoms with Crippen molar-refractivity contribution in [1.29, 1.82) is 0 Å². The lowest BCUT2D eigenvalue weighted by Crippen LogP contribution is -2.15. The van der Waals surface area contributed by atoms with Gasteiger partial charge in [-0.25, -0.2) is 0 Å². The van der Waals surface area contributed by atoms with E-state index in [1.165, 1.54) is 5.56 Å². The molecule has 1 aromatic carbocycles. The van der Waals surface area contributed by atoms with Crippen molar-refractivity contribution in [3.63, 3.8) is 0 Å². The van der Waals surface area contributed by atoms with E-state index >= 15 is 0 Å². The van der Waals surface area contributed by atoms with Crippen LogP contribution in [0.2, 0.25) is 0 Å². The van der Waals surface area contributed by atoms with E-state index in [9.17, 15) is 0 Å². The Morgan fingerprint density at radius 2 is 1.57 bits per heavy atom. The van der Waals surface area contributed by atoms with Gasteiger partial charge < -0.3 is 0 Å². The second-order valence-corrected chi connectivity index (χ2v) is 7.83. The first-order chi connectivity index (χ1) is 6.52. The molecule has 0 atom stereocenters. The highest BCUT2D eigenvalue weighted by Gasteiger charge is 2.18. The molecule has 0 heterocycles. The fraction of sp³-hybridized carbons (Fsp3) is 0.538. The summed E-state index contributed by atoms with van der Waals surface area (Å²) in [5.41, 5.74) is 2.95. The molecule has 0 aliphatic carbocycles. The molecule has 1 aromatic rings. The second kappa shape index (κ2) is 4.94. The summed E-state index contributed by atoms with van der Waals surface area (Å²) in [5, 5.41) is 1.56. The minimum Gasteiger partial charge on any atom is -0.0701 e. The summed E-state index contributed by atoms with van der Waals surface area (Å²) >= 11 is 0. The Morgan fingerprint density at radius 1 is 1.00 bits per heavy atom. The first-order valence-corrected chi connectivity index (χ1v) is 6.85. The van der Waals surface area contributed by atoms with E-state index in [1.807, 2.05) is 0 Å². The van der Waals surface area contributed by atoms with Crippen LogP contribution in [0.3, 0.4) is 0 Å². The van der Waals surface area contributed by atoms with Gasteiger partial charge >= 0.3 is 0 Å². The van der Waals surface area contributed by atoms with Crippen LogP contribution in [-0.4, -0.2) is 11.3 Å². The average Bonchev–Trinajstić information content (AvgIpc) is 2.02. The van der Waals surface area contributed by atoms with Crippen molar-refractivity contribution in [3.05, 3.63) is 29.8 Å². The monoisotopic (exact) mass is 208 g/mol. The molecule has 1 heteroatoms. The van der Waals surface area contributed by atoms with Crippen molar-refractivity contribution >= 4 is 13.2 Å². The maximum atomic E-state index is 2.35. The molecule has 0 saturated heterocycles. The van der Waals surface area contributed by atoms with Gasteiger partial charge in [-0.05, 0) is 23.5 Å². The summed E-state index contributed by atoms with van der Waals surface area (Å²) in [6.07, 6.45) is 0. The molecule has 0 aromatic heterocycles. The van der Waals surface area contributed by atoms with E-state index in [-0.39, 0.29) is 7.92 Å². The lowest BCUT2D eigenvalue weighted by Gasteiger charge is -2.26. The van der Waals surface area contributed by atoms with Gasteiger partial charge in [-0.2, -0.15) is 0 Å². The van der Waals surface area contributed by atoms with E-state index in [1.54, 1.807) is 5.30 Å². The highest BCUT2D eigenvalue weighted by molar-refractivity contribution is 7.66. The van der Waals surface area contributed by atoms with Gasteiger partial charge in [0.1, 0.15) is 0 Å². The van der Waals surface area contributed by atoms with Crippen LogP contribution < -0.4 is 5.30 Å². The maximum absolute atomic E-state index is 2.35. The standard InChI is InChI=1S/C13H21P/c1-10(2)14(11(3)4)13-8-6-7-12(5)9-13/h6-11H,1-5H3. The van der Waals surface area contributed by atoms with Crippen LogP contribution in [0.15, 0.2) is 24.3 Å². The lowest BCUT2D eigenvalue weighted by atomic mass is 10.2. The van der Waals surface area contributed by atoms with E-state index < -0.39 is 0 Å². The van der Waals surface area contributed by atoms with Crippen molar-refractivity contribution in [3.8, 4) is 0 Å². The van der Waals surface area contributed by atoms with Crippen LogP contribution in [0.4, 0.5) is 0 Å². The van der Waals surface area contributed by atoms with Crippen LogP contribution in [0.5, 0.6) is 0 Å². The Morgan fingerprint density at radius 3 is 2.00 bits per heavy atom. The zero-order chi connectivity index (χ0) is 10.7. The first kappa shape index (κ1) is 11.7. The fourth-order valence-electron chi connectivity index (χ4n) is 1.98. The fourth-order valence-corrected chi connectivity index (χ4v) is 4.98. The normalized spacial score (nSPS) is 11.7. The van der Waals surface area contributed by atoms with E-state index in [2.05, 4.69) is 58.9 Å². The van der Waals surface area contributed by atoms with Crippen LogP contribution in [-0.2, 0) is 0 Å². The van der Waals surface area contributed by atoms with Gasteiger partial charge in [0.2, 0.25) is 0 Å². The van der Waals surface area contributed by atoms with Crippen molar-refractivity contribution in [2.45, 2.75) is 45.9 Å². The molecular weight excluding hydrogens is 187 g/mol. The van der Waals surface area contributed by atoms with Crippen molar-refractivity contribution in [2.24, 2.45) is 0 Å². The maximum Gasteiger partial charge on any atom is -0.0223 e. The highest BCUT2D eigenvalue weighted by atomic mass is 31.1. The van der Waals surface area contributed by atoms with Crippen LogP contribution in [0.25, 0.3) is 0 Å². The average molecular weight is 208 g/mol. The SMILES string of the molecule is Cc1cccc(P(C(C)C)C(C)C)c1. The van der Waals surface area contributed by atoms with Crippen molar-refractivity contribution in [1.82, 2.24) is 0 Å². The zero-order valence-corrected chi connectivity index (χ0v) is 10.8. The summed E-state index contributed by atoms with van der Waals surface area (Å²) < 4.78 is 0. The van der Waals surface area contributed by atoms with Gasteiger partial charge in [0.15, 0.2) is 0 Å². The lowest BCUT2D eigenvalue weighted by molar-refractivity contribution is 1.02. The number of hydrogen-bond donors (Lipinski definition) is 0. The van der Waals surface area contributed by atoms with E-state index in [4.69, 9.17) is 0 Å². The third-order valence-corrected chi connectivity index (χ3v) is 5.51. The summed E-state index contributed by atoms with van der Waals surface area (Å²) in [6.45, 7) is 11.5. The van der Waals surface area contributed by atoms with Gasteiger partial charge in [0.25, 0.3) is 0 Å². The molecular formula is C13H21P. The molecule has 0 amide bonds. The minimum absolute atomic E-state index is 0.0100. The Bertz CT molecular complexity index is 281. The molecule has 0 aliphatic heterocycles. The van der Waals surface area contributed by atoms with Gasteiger partial charge in [0, 0.05) is 0 Å². The van der Waals surface area contributed by atoms with Crippen molar-refractivity contribution < 1.29 is 0 Å². The summed E-state index contributed by atoms with van der Waals surface area (Å²) in [6, 6.07) is 9.01. The molecule has 0 radical (unpaired) electrons. The third-order valence-electron chi connectivity index (χ3n) is 2.41. The molecule has 78 valence electrons. The summed E-state index contributed by atoms with van der Waals surface area (Å²) in [5.74, 6) is 0. The van der Waals surface area contributed by atoms with Crippen LogP contribution in [0, 0.1) is 6.92 Å². The third kappa shape index (κ3) is 2.82. The largest absolute Gasteiger partial charge is 0.0701 e. The number of rotatable bonds is 3. The Balaban J connectivity index is 2.99. The smallest absolute Gasteiger partial charge is 0.0223 e. The first-order valence-electron chi connectivity index (χ1n) is 5.37. The molecule has 0 nitrogen and oxygen atoms in total. The number of benzene rings is 1. The molecule has 0 bridgehead atoms. The molecule has 0 unspecified atom stereocenters. The zero-order valence-electron chi connectivity index (χ0n) is 9.91. The molecule has 1 rings (SSSR count). The topological polar surface area (TPSA) is 0 Å². The van der Waals surface area contributed by atoms with Crippen LogP contribution in [0.1, 0.15) is 33.3 Å². The van der Waals surface area contributed by atoms with Gasteiger partial charge in [0.05, 0.1) is 0 Å². The molecule has 0 fully saturated rings. The van der Waals surface area contributed by atoms with E-state index in [0.717, 1.165) is 11.3 Å². The number of hydrogen-bond acceptors (Lipinski definition) is 0. The molecule has 14 heavy (non-hydrogen) atoms. The molecule has 0 spiro atoms. The Hall–Kier alpha value is -0.350. The van der Waals surface area contributed by atoms with Gasteiger partial charge in [-0.3, -0.25) is 0 Å². The molecule has 0 aliphatic rings. The summed E-state index contributed by atoms with van der Waals surface area (Å²) in [4.78, 5) is 0. The van der Waals surface area contributed by atoms with Crippen LogP contribution >= 0.6 is 7.92 Å². The van der Waals surface area contributed by atoms with Gasteiger partial charge in [-0.15, -0.1) is 0 Å². The minimum atomic E-state index is 0.0100. The Kier molecular flexibility index (Phi) is 4.13. The quantitative estimate of drug-likeness (QED) is 0.660. The predicted octanol–water partition coefficient (Wildman–Crippen LogP) is 3.92. The predicted molar refractivity (Wildman–Crippen MR) is 68.0 cm³/mol. The second-order valence-electron chi connectivity index (χ2n) is 4.43. The molecule has 0 saturated carbocycles.